The van der Waals surface area contributed by atoms with Crippen molar-refractivity contribution in [1.29, 1.82) is 0 Å². The lowest BCUT2D eigenvalue weighted by Crippen LogP contribution is -2.42. The van der Waals surface area contributed by atoms with Gasteiger partial charge in [0.2, 0.25) is 5.91 Å². The van der Waals surface area contributed by atoms with E-state index in [1.54, 1.807) is 37.0 Å². The summed E-state index contributed by atoms with van der Waals surface area (Å²) in [6, 6.07) is 8.49. The molecule has 0 atom stereocenters. The van der Waals surface area contributed by atoms with Crippen LogP contribution in [0.4, 0.5) is 16.3 Å². The minimum absolute atomic E-state index is 0.139. The van der Waals surface area contributed by atoms with Gasteiger partial charge in [0.15, 0.2) is 0 Å². The van der Waals surface area contributed by atoms with Crippen LogP contribution >= 0.6 is 0 Å². The molecule has 30 heavy (non-hydrogen) atoms. The molecule has 0 radical (unpaired) electrons. The molecule has 0 aliphatic carbocycles. The molecular weight excluding hydrogens is 386 g/mol. The van der Waals surface area contributed by atoms with Crippen LogP contribution in [0.2, 0.25) is 0 Å². The van der Waals surface area contributed by atoms with Crippen molar-refractivity contribution >= 4 is 23.4 Å². The van der Waals surface area contributed by atoms with E-state index in [9.17, 15) is 9.59 Å². The highest BCUT2D eigenvalue weighted by Gasteiger charge is 2.22. The van der Waals surface area contributed by atoms with Gasteiger partial charge in [0.25, 0.3) is 0 Å². The van der Waals surface area contributed by atoms with Crippen molar-refractivity contribution < 1.29 is 19.1 Å². The van der Waals surface area contributed by atoms with Crippen LogP contribution < -0.4 is 15.4 Å². The number of urea groups is 1. The zero-order chi connectivity index (χ0) is 22.3. The maximum atomic E-state index is 12.8. The number of hydrogen-bond donors (Lipinski definition) is 2. The molecule has 9 heteroatoms. The van der Waals surface area contributed by atoms with E-state index < -0.39 is 6.03 Å². The van der Waals surface area contributed by atoms with Gasteiger partial charge in [0.1, 0.15) is 18.1 Å². The number of nitrogens with one attached hydrogen (secondary N) is 2. The molecule has 0 bridgehead atoms. The highest BCUT2D eigenvalue weighted by Crippen LogP contribution is 2.24. The fourth-order valence-corrected chi connectivity index (χ4v) is 2.70. The Hall–Kier alpha value is -3.07. The molecular formula is C21H31N5O4. The number of benzene rings is 1. The Morgan fingerprint density at radius 2 is 1.87 bits per heavy atom. The lowest BCUT2D eigenvalue weighted by Gasteiger charge is -2.23. The van der Waals surface area contributed by atoms with E-state index in [2.05, 4.69) is 36.5 Å². The number of anilines is 2. The summed E-state index contributed by atoms with van der Waals surface area (Å²) in [6.45, 7) is 6.57. The molecule has 2 rings (SSSR count). The minimum Gasteiger partial charge on any atom is -0.495 e. The van der Waals surface area contributed by atoms with E-state index in [0.29, 0.717) is 23.9 Å². The number of hydrogen-bond acceptors (Lipinski definition) is 5. The quantitative estimate of drug-likeness (QED) is 0.688. The van der Waals surface area contributed by atoms with Gasteiger partial charge in [-0.1, -0.05) is 32.9 Å². The van der Waals surface area contributed by atoms with Gasteiger partial charge in [0, 0.05) is 32.2 Å². The van der Waals surface area contributed by atoms with E-state index in [1.807, 2.05) is 12.1 Å². The van der Waals surface area contributed by atoms with Gasteiger partial charge in [0.05, 0.1) is 25.1 Å². The Morgan fingerprint density at radius 1 is 1.17 bits per heavy atom. The van der Waals surface area contributed by atoms with Gasteiger partial charge in [-0.15, -0.1) is 0 Å². The largest absolute Gasteiger partial charge is 0.495 e. The Kier molecular flexibility index (Phi) is 7.82. The van der Waals surface area contributed by atoms with Crippen molar-refractivity contribution in [2.24, 2.45) is 7.05 Å². The van der Waals surface area contributed by atoms with Crippen molar-refractivity contribution in [3.05, 3.63) is 36.0 Å². The fourth-order valence-electron chi connectivity index (χ4n) is 2.70. The number of amides is 3. The molecule has 0 aliphatic rings. The number of rotatable bonds is 8. The number of ether oxygens (including phenoxy) is 2. The van der Waals surface area contributed by atoms with Gasteiger partial charge < -0.3 is 25.0 Å². The molecule has 0 saturated heterocycles. The fraction of sp³-hybridized carbons (Fsp3) is 0.476. The van der Waals surface area contributed by atoms with Crippen LogP contribution in [0.1, 0.15) is 26.5 Å². The second-order valence-electron chi connectivity index (χ2n) is 7.88. The first-order valence-electron chi connectivity index (χ1n) is 9.68. The maximum Gasteiger partial charge on any atom is 0.322 e. The number of methoxy groups -OCH3 is 2. The number of para-hydroxylation sites is 2. The topological polar surface area (TPSA) is 97.7 Å². The number of nitrogens with zero attached hydrogens (tertiary/aromatic N) is 3. The normalized spacial score (nSPS) is 11.1. The van der Waals surface area contributed by atoms with Crippen LogP contribution in [-0.2, 0) is 22.0 Å². The summed E-state index contributed by atoms with van der Waals surface area (Å²) < 4.78 is 12.0. The first-order chi connectivity index (χ1) is 14.2. The SMILES string of the molecule is COCCN(CC(=O)Nc1cc(C(C)(C)C)nn1C)C(=O)Nc1ccccc1OC. The number of carbonyl (C=O) groups excluding carboxylic acids is 2. The standard InChI is InChI=1S/C21H31N5O4/c1-21(2,3)17-13-18(25(4)24-17)23-19(27)14-26(11-12-29-5)20(28)22-15-9-7-8-10-16(15)30-6/h7-10,13H,11-12,14H2,1-6H3,(H,22,28)(H,23,27). The predicted octanol–water partition coefficient (Wildman–Crippen LogP) is 2.85. The zero-order valence-corrected chi connectivity index (χ0v) is 18.5. The lowest BCUT2D eigenvalue weighted by atomic mass is 9.92. The monoisotopic (exact) mass is 417 g/mol. The first-order valence-corrected chi connectivity index (χ1v) is 9.68. The summed E-state index contributed by atoms with van der Waals surface area (Å²) in [5, 5.41) is 10.1. The summed E-state index contributed by atoms with van der Waals surface area (Å²) >= 11 is 0. The predicted molar refractivity (Wildman–Crippen MR) is 116 cm³/mol. The number of aromatic nitrogens is 2. The van der Waals surface area contributed by atoms with E-state index in [-0.39, 0.29) is 24.4 Å². The molecule has 0 saturated carbocycles. The van der Waals surface area contributed by atoms with E-state index in [0.717, 1.165) is 5.69 Å². The highest BCUT2D eigenvalue weighted by molar-refractivity contribution is 5.97. The third kappa shape index (κ3) is 6.21. The van der Waals surface area contributed by atoms with Crippen molar-refractivity contribution in [3.8, 4) is 5.75 Å². The van der Waals surface area contributed by atoms with Crippen LogP contribution in [0.15, 0.2) is 30.3 Å². The molecule has 1 aromatic carbocycles. The van der Waals surface area contributed by atoms with Gasteiger partial charge in [-0.25, -0.2) is 4.79 Å². The molecule has 1 aromatic heterocycles. The van der Waals surface area contributed by atoms with Crippen LogP contribution in [0.25, 0.3) is 0 Å². The molecule has 2 N–H and O–H groups in total. The molecule has 3 amide bonds. The Balaban J connectivity index is 2.09. The molecule has 0 unspecified atom stereocenters. The lowest BCUT2D eigenvalue weighted by molar-refractivity contribution is -0.116. The first kappa shape index (κ1) is 23.2. The third-order valence-corrected chi connectivity index (χ3v) is 4.45. The summed E-state index contributed by atoms with van der Waals surface area (Å²) in [5.41, 5.74) is 1.25. The average Bonchev–Trinajstić information content (AvgIpc) is 3.06. The number of aryl methyl sites for hydroxylation is 1. The van der Waals surface area contributed by atoms with Crippen LogP contribution in [0, 0.1) is 0 Å². The molecule has 0 aliphatic heterocycles. The third-order valence-electron chi connectivity index (χ3n) is 4.45. The van der Waals surface area contributed by atoms with E-state index >= 15 is 0 Å². The molecule has 1 heterocycles. The summed E-state index contributed by atoms with van der Waals surface area (Å²) in [4.78, 5) is 26.8. The van der Waals surface area contributed by atoms with Crippen LogP contribution in [0.3, 0.4) is 0 Å². The van der Waals surface area contributed by atoms with Crippen molar-refractivity contribution in [3.63, 3.8) is 0 Å². The second-order valence-corrected chi connectivity index (χ2v) is 7.88. The van der Waals surface area contributed by atoms with Crippen molar-refractivity contribution in [2.75, 3.05) is 44.5 Å². The van der Waals surface area contributed by atoms with Gasteiger partial charge in [-0.05, 0) is 12.1 Å². The molecule has 2 aromatic rings. The summed E-state index contributed by atoms with van der Waals surface area (Å²) in [7, 11) is 4.84. The molecule has 164 valence electrons. The Labute approximate surface area is 177 Å². The smallest absolute Gasteiger partial charge is 0.322 e. The molecule has 0 fully saturated rings. The van der Waals surface area contributed by atoms with E-state index in [1.165, 1.54) is 12.0 Å². The minimum atomic E-state index is -0.424. The summed E-state index contributed by atoms with van der Waals surface area (Å²) in [6.07, 6.45) is 0. The van der Waals surface area contributed by atoms with Gasteiger partial charge >= 0.3 is 6.03 Å². The highest BCUT2D eigenvalue weighted by atomic mass is 16.5. The summed E-state index contributed by atoms with van der Waals surface area (Å²) in [5.74, 6) is 0.776. The van der Waals surface area contributed by atoms with Crippen LogP contribution in [-0.4, -0.2) is 60.5 Å². The van der Waals surface area contributed by atoms with E-state index in [4.69, 9.17) is 9.47 Å². The number of carbonyl (C=O) groups is 2. The average molecular weight is 418 g/mol. The molecule has 9 nitrogen and oxygen atoms in total. The Morgan fingerprint density at radius 3 is 2.47 bits per heavy atom. The Bertz CT molecular complexity index is 873. The van der Waals surface area contributed by atoms with Crippen LogP contribution in [0.5, 0.6) is 5.75 Å². The molecule has 0 spiro atoms. The second kappa shape index (κ2) is 10.1. The van der Waals surface area contributed by atoms with Crippen molar-refractivity contribution in [1.82, 2.24) is 14.7 Å². The zero-order valence-electron chi connectivity index (χ0n) is 18.5. The maximum absolute atomic E-state index is 12.8. The van der Waals surface area contributed by atoms with Gasteiger partial charge in [-0.2, -0.15) is 5.10 Å². The van der Waals surface area contributed by atoms with Crippen molar-refractivity contribution in [2.45, 2.75) is 26.2 Å². The van der Waals surface area contributed by atoms with Gasteiger partial charge in [-0.3, -0.25) is 9.48 Å².